The highest BCUT2D eigenvalue weighted by atomic mass is 19.1. The highest BCUT2D eigenvalue weighted by Gasteiger charge is 2.19. The molecule has 1 aliphatic heterocycles. The van der Waals surface area contributed by atoms with Crippen molar-refractivity contribution in [3.05, 3.63) is 29.6 Å². The van der Waals surface area contributed by atoms with Crippen LogP contribution in [0.15, 0.2) is 18.2 Å². The summed E-state index contributed by atoms with van der Waals surface area (Å²) in [5, 5.41) is 0. The minimum Gasteiger partial charge on any atom is -0.490 e. The average molecular weight is 268 g/mol. The Hall–Kier alpha value is -1.17. The number of likely N-dealkylation sites (N-methyl/N-ethyl adjacent to an activating group) is 1. The molecule has 2 rings (SSSR count). The summed E-state index contributed by atoms with van der Waals surface area (Å²) in [5.41, 5.74) is 6.66. The molecule has 1 fully saturated rings. The minimum atomic E-state index is -0.318. The number of benzene rings is 1. The van der Waals surface area contributed by atoms with Gasteiger partial charge in [0.25, 0.3) is 0 Å². The fourth-order valence-corrected chi connectivity index (χ4v) is 2.16. The number of nitrogens with zero attached hydrogens (tertiary/aromatic N) is 1. The number of morpholine rings is 1. The lowest BCUT2D eigenvalue weighted by Crippen LogP contribution is -2.42. The standard InChI is InChI=1S/C14H21FN2O2/c1-10(16)13-4-3-11(15)7-14(13)19-9-12-8-17(2)5-6-18-12/h3-4,7,10,12H,5-6,8-9,16H2,1-2H3. The van der Waals surface area contributed by atoms with Crippen LogP contribution in [0, 0.1) is 5.82 Å². The second kappa shape index (κ2) is 6.32. The van der Waals surface area contributed by atoms with E-state index in [0.29, 0.717) is 19.0 Å². The number of ether oxygens (including phenoxy) is 2. The molecule has 0 aromatic heterocycles. The van der Waals surface area contributed by atoms with E-state index in [2.05, 4.69) is 4.90 Å². The average Bonchev–Trinajstić information content (AvgIpc) is 2.36. The zero-order chi connectivity index (χ0) is 13.8. The summed E-state index contributed by atoms with van der Waals surface area (Å²) < 4.78 is 24.6. The number of nitrogens with two attached hydrogens (primary N) is 1. The Morgan fingerprint density at radius 3 is 3.05 bits per heavy atom. The van der Waals surface area contributed by atoms with Crippen LogP contribution in [0.3, 0.4) is 0 Å². The van der Waals surface area contributed by atoms with E-state index in [1.54, 1.807) is 6.07 Å². The van der Waals surface area contributed by atoms with Gasteiger partial charge in [-0.15, -0.1) is 0 Å². The van der Waals surface area contributed by atoms with Crippen molar-refractivity contribution < 1.29 is 13.9 Å². The molecule has 0 radical (unpaired) electrons. The van der Waals surface area contributed by atoms with Crippen molar-refractivity contribution in [2.45, 2.75) is 19.1 Å². The van der Waals surface area contributed by atoms with Gasteiger partial charge in [-0.25, -0.2) is 4.39 Å². The third-order valence-electron chi connectivity index (χ3n) is 3.23. The van der Waals surface area contributed by atoms with Crippen molar-refractivity contribution in [1.82, 2.24) is 4.90 Å². The van der Waals surface area contributed by atoms with Crippen LogP contribution >= 0.6 is 0 Å². The van der Waals surface area contributed by atoms with E-state index in [0.717, 1.165) is 18.7 Å². The molecule has 4 nitrogen and oxygen atoms in total. The summed E-state index contributed by atoms with van der Waals surface area (Å²) in [6.45, 7) is 4.72. The van der Waals surface area contributed by atoms with Crippen LogP contribution in [0.5, 0.6) is 5.75 Å². The molecule has 2 atom stereocenters. The Bertz CT molecular complexity index is 426. The molecule has 19 heavy (non-hydrogen) atoms. The predicted molar refractivity (Wildman–Crippen MR) is 71.7 cm³/mol. The van der Waals surface area contributed by atoms with E-state index in [1.165, 1.54) is 12.1 Å². The lowest BCUT2D eigenvalue weighted by molar-refractivity contribution is -0.0405. The summed E-state index contributed by atoms with van der Waals surface area (Å²) in [7, 11) is 2.05. The van der Waals surface area contributed by atoms with Crippen LogP contribution in [-0.4, -0.2) is 44.4 Å². The van der Waals surface area contributed by atoms with Gasteiger partial charge < -0.3 is 20.1 Å². The molecule has 0 saturated carbocycles. The zero-order valence-corrected chi connectivity index (χ0v) is 11.4. The Morgan fingerprint density at radius 2 is 2.37 bits per heavy atom. The smallest absolute Gasteiger partial charge is 0.127 e. The van der Waals surface area contributed by atoms with Crippen molar-refractivity contribution in [1.29, 1.82) is 0 Å². The van der Waals surface area contributed by atoms with Gasteiger partial charge in [-0.2, -0.15) is 0 Å². The minimum absolute atomic E-state index is 0.0166. The number of hydrogen-bond donors (Lipinski definition) is 1. The highest BCUT2D eigenvalue weighted by molar-refractivity contribution is 5.36. The van der Waals surface area contributed by atoms with E-state index in [4.69, 9.17) is 15.2 Å². The number of halogens is 1. The lowest BCUT2D eigenvalue weighted by atomic mass is 10.1. The molecule has 0 bridgehead atoms. The largest absolute Gasteiger partial charge is 0.490 e. The number of rotatable bonds is 4. The first kappa shape index (κ1) is 14.2. The van der Waals surface area contributed by atoms with E-state index >= 15 is 0 Å². The quantitative estimate of drug-likeness (QED) is 0.900. The van der Waals surface area contributed by atoms with Gasteiger partial charge in [-0.05, 0) is 20.0 Å². The first-order valence-corrected chi connectivity index (χ1v) is 6.54. The van der Waals surface area contributed by atoms with E-state index in [9.17, 15) is 4.39 Å². The fourth-order valence-electron chi connectivity index (χ4n) is 2.16. The summed E-state index contributed by atoms with van der Waals surface area (Å²) in [6.07, 6.45) is 0.0166. The van der Waals surface area contributed by atoms with Crippen LogP contribution in [0.25, 0.3) is 0 Å². The third kappa shape index (κ3) is 3.89. The molecule has 0 aliphatic carbocycles. The van der Waals surface area contributed by atoms with Crippen LogP contribution in [0.2, 0.25) is 0 Å². The molecule has 1 aliphatic rings. The second-order valence-corrected chi connectivity index (χ2v) is 5.04. The van der Waals surface area contributed by atoms with Gasteiger partial charge in [0.2, 0.25) is 0 Å². The molecule has 1 saturated heterocycles. The molecule has 1 aromatic carbocycles. The molecule has 0 amide bonds. The maximum Gasteiger partial charge on any atom is 0.127 e. The van der Waals surface area contributed by atoms with Crippen molar-refractivity contribution in [2.75, 3.05) is 33.4 Å². The normalized spacial score (nSPS) is 22.2. The summed E-state index contributed by atoms with van der Waals surface area (Å²) in [5.74, 6) is 0.188. The molecular weight excluding hydrogens is 247 g/mol. The summed E-state index contributed by atoms with van der Waals surface area (Å²) in [6, 6.07) is 4.26. The van der Waals surface area contributed by atoms with Gasteiger partial charge >= 0.3 is 0 Å². The van der Waals surface area contributed by atoms with Crippen LogP contribution in [-0.2, 0) is 4.74 Å². The first-order valence-electron chi connectivity index (χ1n) is 6.54. The van der Waals surface area contributed by atoms with Crippen LogP contribution in [0.1, 0.15) is 18.5 Å². The lowest BCUT2D eigenvalue weighted by Gasteiger charge is -2.30. The molecule has 1 heterocycles. The predicted octanol–water partition coefficient (Wildman–Crippen LogP) is 1.55. The first-order chi connectivity index (χ1) is 9.06. The van der Waals surface area contributed by atoms with Crippen molar-refractivity contribution >= 4 is 0 Å². The Balaban J connectivity index is 2.00. The van der Waals surface area contributed by atoms with Gasteiger partial charge in [0.05, 0.1) is 6.61 Å². The van der Waals surface area contributed by atoms with E-state index in [-0.39, 0.29) is 18.0 Å². The summed E-state index contributed by atoms with van der Waals surface area (Å²) in [4.78, 5) is 2.19. The second-order valence-electron chi connectivity index (χ2n) is 5.04. The molecular formula is C14H21FN2O2. The maximum atomic E-state index is 13.3. The number of hydrogen-bond acceptors (Lipinski definition) is 4. The zero-order valence-electron chi connectivity index (χ0n) is 11.4. The monoisotopic (exact) mass is 268 g/mol. The molecule has 5 heteroatoms. The molecule has 2 unspecified atom stereocenters. The Labute approximate surface area is 113 Å². The molecule has 0 spiro atoms. The Morgan fingerprint density at radius 1 is 1.58 bits per heavy atom. The SMILES string of the molecule is CC(N)c1ccc(F)cc1OCC1CN(C)CCO1. The van der Waals surface area contributed by atoms with Gasteiger partial charge in [-0.1, -0.05) is 6.07 Å². The van der Waals surface area contributed by atoms with Crippen molar-refractivity contribution in [3.63, 3.8) is 0 Å². The van der Waals surface area contributed by atoms with Gasteiger partial charge in [0, 0.05) is 30.8 Å². The van der Waals surface area contributed by atoms with Crippen molar-refractivity contribution in [2.24, 2.45) is 5.73 Å². The van der Waals surface area contributed by atoms with E-state index < -0.39 is 0 Å². The molecule has 106 valence electrons. The van der Waals surface area contributed by atoms with Gasteiger partial charge in [-0.3, -0.25) is 0 Å². The fraction of sp³-hybridized carbons (Fsp3) is 0.571. The summed E-state index contributed by atoms with van der Waals surface area (Å²) >= 11 is 0. The Kier molecular flexibility index (Phi) is 4.74. The van der Waals surface area contributed by atoms with Crippen molar-refractivity contribution in [3.8, 4) is 5.75 Å². The van der Waals surface area contributed by atoms with Crippen LogP contribution in [0.4, 0.5) is 4.39 Å². The van der Waals surface area contributed by atoms with Crippen LogP contribution < -0.4 is 10.5 Å². The molecule has 2 N–H and O–H groups in total. The third-order valence-corrected chi connectivity index (χ3v) is 3.23. The molecule has 1 aromatic rings. The van der Waals surface area contributed by atoms with E-state index in [1.807, 2.05) is 14.0 Å². The van der Waals surface area contributed by atoms with Gasteiger partial charge in [0.15, 0.2) is 0 Å². The topological polar surface area (TPSA) is 47.7 Å². The van der Waals surface area contributed by atoms with Gasteiger partial charge in [0.1, 0.15) is 24.3 Å². The maximum absolute atomic E-state index is 13.3. The highest BCUT2D eigenvalue weighted by Crippen LogP contribution is 2.25.